The lowest BCUT2D eigenvalue weighted by molar-refractivity contribution is -0.139. The van der Waals surface area contributed by atoms with E-state index in [0.717, 1.165) is 22.0 Å². The fraction of sp³-hybridized carbons (Fsp3) is 0.333. The first-order valence-electron chi connectivity index (χ1n) is 7.42. The zero-order valence-corrected chi connectivity index (χ0v) is 15.7. The third kappa shape index (κ3) is 4.19. The first-order chi connectivity index (χ1) is 11.7. The molecular formula is C18H17NO4S2. The number of benzene rings is 1. The number of rotatable bonds is 5. The van der Waals surface area contributed by atoms with Crippen LogP contribution in [-0.2, 0) is 21.1 Å². The first-order valence-corrected chi connectivity index (χ1v) is 10.1. The topological polar surface area (TPSA) is 84.3 Å². The van der Waals surface area contributed by atoms with E-state index in [1.54, 1.807) is 6.92 Å². The number of aromatic nitrogens is 1. The Morgan fingerprint density at radius 3 is 2.68 bits per heavy atom. The van der Waals surface area contributed by atoms with E-state index in [0.29, 0.717) is 5.01 Å². The lowest BCUT2D eigenvalue weighted by Gasteiger charge is -2.21. The largest absolute Gasteiger partial charge is 0.480 e. The number of aryl methyl sites for hydroxylation is 1. The monoisotopic (exact) mass is 375 g/mol. The third-order valence-electron chi connectivity index (χ3n) is 3.91. The lowest BCUT2D eigenvalue weighted by Crippen LogP contribution is -2.43. The van der Waals surface area contributed by atoms with E-state index in [-0.39, 0.29) is 12.8 Å². The van der Waals surface area contributed by atoms with Crippen molar-refractivity contribution in [1.82, 2.24) is 4.98 Å². The molecule has 0 aliphatic heterocycles. The molecule has 1 N–H and O–H groups in total. The van der Waals surface area contributed by atoms with Gasteiger partial charge in [-0.05, 0) is 50.3 Å². The molecule has 0 unspecified atom stereocenters. The van der Waals surface area contributed by atoms with Crippen molar-refractivity contribution in [1.29, 1.82) is 0 Å². The van der Waals surface area contributed by atoms with Crippen LogP contribution in [0.25, 0.3) is 10.2 Å². The van der Waals surface area contributed by atoms with Crippen molar-refractivity contribution < 1.29 is 18.3 Å². The summed E-state index contributed by atoms with van der Waals surface area (Å²) in [6.45, 7) is 2.95. The van der Waals surface area contributed by atoms with Gasteiger partial charge in [-0.15, -0.1) is 11.3 Å². The van der Waals surface area contributed by atoms with Crippen LogP contribution >= 0.6 is 11.3 Å². The number of aliphatic carboxylic acids is 1. The Hall–Kier alpha value is -2.35. The molecular weight excluding hydrogens is 358 g/mol. The molecule has 7 heteroatoms. The minimum atomic E-state index is -3.74. The van der Waals surface area contributed by atoms with E-state index in [1.165, 1.54) is 18.3 Å². The fourth-order valence-electron chi connectivity index (χ4n) is 2.12. The fourth-order valence-corrected chi connectivity index (χ4v) is 3.92. The Bertz CT molecular complexity index is 1050. The highest BCUT2D eigenvalue weighted by molar-refractivity contribution is 7.92. The predicted molar refractivity (Wildman–Crippen MR) is 99.2 cm³/mol. The number of fused-ring (bicyclic) bond motifs is 1. The second-order valence-electron chi connectivity index (χ2n) is 5.72. The number of carbonyl (C=O) groups is 1. The van der Waals surface area contributed by atoms with Crippen LogP contribution in [0, 0.1) is 23.7 Å². The maximum absolute atomic E-state index is 11.8. The Balaban J connectivity index is 2.26. The summed E-state index contributed by atoms with van der Waals surface area (Å²) in [5.74, 6) is 9.71. The van der Waals surface area contributed by atoms with Gasteiger partial charge in [-0.1, -0.05) is 11.8 Å². The van der Waals surface area contributed by atoms with Crippen molar-refractivity contribution in [2.75, 3.05) is 6.26 Å². The highest BCUT2D eigenvalue weighted by Crippen LogP contribution is 2.28. The number of nitrogens with zero attached hydrogens (tertiary/aromatic N) is 1. The minimum absolute atomic E-state index is 0.0280. The van der Waals surface area contributed by atoms with E-state index < -0.39 is 20.6 Å². The molecule has 0 saturated heterocycles. The summed E-state index contributed by atoms with van der Waals surface area (Å²) >= 11 is 1.41. The summed E-state index contributed by atoms with van der Waals surface area (Å²) in [5, 5.41) is 10.0. The summed E-state index contributed by atoms with van der Waals surface area (Å²) in [5.41, 5.74) is 1.60. The quantitative estimate of drug-likeness (QED) is 0.812. The molecule has 130 valence electrons. The Kier molecular flexibility index (Phi) is 5.52. The van der Waals surface area contributed by atoms with E-state index in [4.69, 9.17) is 0 Å². The Labute approximate surface area is 151 Å². The number of thiazole rings is 1. The van der Waals surface area contributed by atoms with Gasteiger partial charge in [0.25, 0.3) is 0 Å². The molecule has 5 nitrogen and oxygen atoms in total. The third-order valence-corrected chi connectivity index (χ3v) is 7.01. The summed E-state index contributed by atoms with van der Waals surface area (Å²) < 4.78 is 22.8. The van der Waals surface area contributed by atoms with Gasteiger partial charge in [0, 0.05) is 18.2 Å². The van der Waals surface area contributed by atoms with Gasteiger partial charge in [-0.25, -0.2) is 13.4 Å². The maximum Gasteiger partial charge on any atom is 0.324 e. The van der Waals surface area contributed by atoms with Gasteiger partial charge >= 0.3 is 5.97 Å². The molecule has 2 rings (SSSR count). The van der Waals surface area contributed by atoms with E-state index in [1.807, 2.05) is 18.2 Å². The maximum atomic E-state index is 11.8. The van der Waals surface area contributed by atoms with Gasteiger partial charge in [0.2, 0.25) is 0 Å². The van der Waals surface area contributed by atoms with Crippen LogP contribution < -0.4 is 0 Å². The molecule has 0 aliphatic rings. The van der Waals surface area contributed by atoms with Crippen LogP contribution in [0.3, 0.4) is 0 Å². The second kappa shape index (κ2) is 7.26. The van der Waals surface area contributed by atoms with Crippen LogP contribution in [0.5, 0.6) is 0 Å². The Morgan fingerprint density at radius 2 is 2.08 bits per heavy atom. The Morgan fingerprint density at radius 1 is 1.36 bits per heavy atom. The number of sulfone groups is 1. The van der Waals surface area contributed by atoms with Gasteiger partial charge < -0.3 is 5.11 Å². The highest BCUT2D eigenvalue weighted by Gasteiger charge is 2.43. The molecule has 0 fully saturated rings. The SMILES string of the molecule is CC#CC#Cc1ccc2nc(CC[C@](C)(C(=O)O)S(C)(=O)=O)sc2c1. The average molecular weight is 375 g/mol. The van der Waals surface area contributed by atoms with Crippen molar-refractivity contribution in [2.45, 2.75) is 31.4 Å². The van der Waals surface area contributed by atoms with Crippen LogP contribution in [0.15, 0.2) is 18.2 Å². The van der Waals surface area contributed by atoms with Gasteiger partial charge in [-0.2, -0.15) is 0 Å². The van der Waals surface area contributed by atoms with Crippen molar-refractivity contribution in [3.63, 3.8) is 0 Å². The van der Waals surface area contributed by atoms with E-state index >= 15 is 0 Å². The van der Waals surface area contributed by atoms with Crippen LogP contribution in [0.2, 0.25) is 0 Å². The number of hydrogen-bond donors (Lipinski definition) is 1. The molecule has 0 amide bonds. The van der Waals surface area contributed by atoms with Crippen molar-refractivity contribution >= 4 is 37.4 Å². The van der Waals surface area contributed by atoms with Gasteiger partial charge in [0.15, 0.2) is 14.6 Å². The van der Waals surface area contributed by atoms with Crippen LogP contribution in [-0.4, -0.2) is 35.5 Å². The van der Waals surface area contributed by atoms with Gasteiger partial charge in [-0.3, -0.25) is 4.79 Å². The molecule has 0 radical (unpaired) electrons. The zero-order valence-electron chi connectivity index (χ0n) is 14.1. The van der Waals surface area contributed by atoms with Crippen molar-refractivity contribution in [3.05, 3.63) is 28.8 Å². The van der Waals surface area contributed by atoms with Gasteiger partial charge in [0.1, 0.15) is 0 Å². The van der Waals surface area contributed by atoms with Gasteiger partial charge in [0.05, 0.1) is 15.2 Å². The molecule has 1 heterocycles. The number of carboxylic acids is 1. The van der Waals surface area contributed by atoms with Crippen molar-refractivity contribution in [3.8, 4) is 23.7 Å². The van der Waals surface area contributed by atoms with E-state index in [9.17, 15) is 18.3 Å². The lowest BCUT2D eigenvalue weighted by atomic mass is 10.1. The van der Waals surface area contributed by atoms with Crippen molar-refractivity contribution in [2.24, 2.45) is 0 Å². The normalized spacial score (nSPS) is 13.2. The summed E-state index contributed by atoms with van der Waals surface area (Å²) in [7, 11) is -3.74. The smallest absolute Gasteiger partial charge is 0.324 e. The second-order valence-corrected chi connectivity index (χ2v) is 9.28. The molecule has 0 spiro atoms. The number of hydrogen-bond acceptors (Lipinski definition) is 5. The average Bonchev–Trinajstić information content (AvgIpc) is 2.93. The minimum Gasteiger partial charge on any atom is -0.480 e. The van der Waals surface area contributed by atoms with Crippen LogP contribution in [0.4, 0.5) is 0 Å². The first kappa shape index (κ1) is 19.0. The molecule has 1 aromatic carbocycles. The standard InChI is InChI=1S/C18H17NO4S2/c1-4-5-6-7-13-8-9-14-15(12-13)24-16(19-14)10-11-18(2,17(20)21)25(3,22)23/h8-9,12H,10-11H2,1-3H3,(H,20,21)/t18-/m1/s1. The molecule has 2 aromatic rings. The number of carboxylic acid groups (broad SMARTS) is 1. The zero-order chi connectivity index (χ0) is 18.7. The van der Waals surface area contributed by atoms with Crippen LogP contribution in [0.1, 0.15) is 30.8 Å². The highest BCUT2D eigenvalue weighted by atomic mass is 32.2. The molecule has 1 atom stereocenters. The molecule has 25 heavy (non-hydrogen) atoms. The van der Waals surface area contributed by atoms with E-state index in [2.05, 4.69) is 28.7 Å². The summed E-state index contributed by atoms with van der Waals surface area (Å²) in [6.07, 6.45) is 1.20. The molecule has 0 bridgehead atoms. The summed E-state index contributed by atoms with van der Waals surface area (Å²) in [4.78, 5) is 15.9. The molecule has 0 aliphatic carbocycles. The predicted octanol–water partition coefficient (Wildman–Crippen LogP) is 2.49. The molecule has 0 saturated carbocycles. The molecule has 1 aromatic heterocycles. The summed E-state index contributed by atoms with van der Waals surface area (Å²) in [6, 6.07) is 5.58.